The number of carbonyl (C=O) groups excluding carboxylic acids is 1. The molecule has 0 aliphatic heterocycles. The molecule has 0 spiro atoms. The number of hydrogen-bond acceptors (Lipinski definition) is 4. The molecule has 18 heavy (non-hydrogen) atoms. The molecule has 0 aromatic heterocycles. The van der Waals surface area contributed by atoms with E-state index in [-0.39, 0.29) is 12.5 Å². The van der Waals surface area contributed by atoms with E-state index >= 15 is 0 Å². The lowest BCUT2D eigenvalue weighted by Crippen LogP contribution is -2.39. The first-order valence-corrected chi connectivity index (χ1v) is 7.05. The molecule has 1 aromatic carbocycles. The molecule has 0 aliphatic carbocycles. The summed E-state index contributed by atoms with van der Waals surface area (Å²) in [5.41, 5.74) is 0.418. The number of hydrogen-bond donors (Lipinski definition) is 1. The zero-order chi connectivity index (χ0) is 13.8. The predicted octanol–water partition coefficient (Wildman–Crippen LogP) is 0.207. The van der Waals surface area contributed by atoms with Crippen LogP contribution in [0.15, 0.2) is 24.3 Å². The zero-order valence-corrected chi connectivity index (χ0v) is 11.3. The Morgan fingerprint density at radius 1 is 1.33 bits per heavy atom. The van der Waals surface area contributed by atoms with Gasteiger partial charge in [-0.25, -0.2) is 8.42 Å². The van der Waals surface area contributed by atoms with Gasteiger partial charge in [0.15, 0.2) is 0 Å². The van der Waals surface area contributed by atoms with Crippen LogP contribution < -0.4 is 14.4 Å². The molecule has 0 aliphatic rings. The SMILES string of the molecule is CNC(=O)CN(c1ccc(OC)cc1)S(C)(=O)=O. The molecule has 100 valence electrons. The number of amides is 1. The van der Waals surface area contributed by atoms with Crippen LogP contribution in [0.25, 0.3) is 0 Å². The van der Waals surface area contributed by atoms with Crippen LogP contribution in [0.5, 0.6) is 5.75 Å². The second-order valence-corrected chi connectivity index (χ2v) is 5.55. The summed E-state index contributed by atoms with van der Waals surface area (Å²) >= 11 is 0. The summed E-state index contributed by atoms with van der Waals surface area (Å²) in [6, 6.07) is 6.44. The van der Waals surface area contributed by atoms with Crippen LogP contribution in [0.3, 0.4) is 0 Å². The van der Waals surface area contributed by atoms with Crippen LogP contribution in [0.4, 0.5) is 5.69 Å². The van der Waals surface area contributed by atoms with Crippen LogP contribution in [-0.2, 0) is 14.8 Å². The fraction of sp³-hybridized carbons (Fsp3) is 0.364. The first-order valence-electron chi connectivity index (χ1n) is 5.21. The van der Waals surface area contributed by atoms with Gasteiger partial charge in [0.25, 0.3) is 0 Å². The van der Waals surface area contributed by atoms with E-state index in [1.807, 2.05) is 0 Å². The van der Waals surface area contributed by atoms with Crippen molar-refractivity contribution in [2.24, 2.45) is 0 Å². The van der Waals surface area contributed by atoms with Crippen LogP contribution in [0.1, 0.15) is 0 Å². The van der Waals surface area contributed by atoms with Gasteiger partial charge in [0.1, 0.15) is 12.3 Å². The van der Waals surface area contributed by atoms with E-state index in [0.717, 1.165) is 10.6 Å². The molecular formula is C11H16N2O4S. The lowest BCUT2D eigenvalue weighted by Gasteiger charge is -2.21. The van der Waals surface area contributed by atoms with E-state index < -0.39 is 10.0 Å². The highest BCUT2D eigenvalue weighted by atomic mass is 32.2. The largest absolute Gasteiger partial charge is 0.497 e. The zero-order valence-electron chi connectivity index (χ0n) is 10.5. The molecule has 1 amide bonds. The fourth-order valence-corrected chi connectivity index (χ4v) is 2.21. The van der Waals surface area contributed by atoms with Crippen molar-refractivity contribution < 1.29 is 17.9 Å². The Morgan fingerprint density at radius 3 is 2.28 bits per heavy atom. The number of likely N-dealkylation sites (N-methyl/N-ethyl adjacent to an activating group) is 1. The Balaban J connectivity index is 3.06. The summed E-state index contributed by atoms with van der Waals surface area (Å²) < 4.78 is 29.3. The number of methoxy groups -OCH3 is 1. The Labute approximate surface area is 107 Å². The number of sulfonamides is 1. The van der Waals surface area contributed by atoms with Crippen molar-refractivity contribution in [3.8, 4) is 5.75 Å². The first kappa shape index (κ1) is 14.3. The van der Waals surface area contributed by atoms with Gasteiger partial charge in [-0.05, 0) is 24.3 Å². The van der Waals surface area contributed by atoms with Crippen LogP contribution >= 0.6 is 0 Å². The van der Waals surface area contributed by atoms with Crippen LogP contribution in [-0.4, -0.2) is 41.3 Å². The maximum atomic E-state index is 11.7. The molecule has 1 N–H and O–H groups in total. The van der Waals surface area contributed by atoms with Crippen LogP contribution in [0, 0.1) is 0 Å². The average molecular weight is 272 g/mol. The van der Waals surface area contributed by atoms with Gasteiger partial charge < -0.3 is 10.1 Å². The van der Waals surface area contributed by atoms with Crippen molar-refractivity contribution in [2.75, 3.05) is 31.3 Å². The van der Waals surface area contributed by atoms with E-state index in [0.29, 0.717) is 11.4 Å². The Kier molecular flexibility index (Phi) is 4.55. The third kappa shape index (κ3) is 3.63. The summed E-state index contributed by atoms with van der Waals surface area (Å²) in [4.78, 5) is 11.3. The van der Waals surface area contributed by atoms with Crippen molar-refractivity contribution in [3.63, 3.8) is 0 Å². The first-order chi connectivity index (χ1) is 8.38. The van der Waals surface area contributed by atoms with E-state index in [1.165, 1.54) is 14.2 Å². The minimum absolute atomic E-state index is 0.248. The second kappa shape index (κ2) is 5.72. The van der Waals surface area contributed by atoms with Crippen molar-refractivity contribution in [1.29, 1.82) is 0 Å². The van der Waals surface area contributed by atoms with Gasteiger partial charge in [0.05, 0.1) is 19.1 Å². The van der Waals surface area contributed by atoms with Crippen molar-refractivity contribution in [3.05, 3.63) is 24.3 Å². The number of benzene rings is 1. The van der Waals surface area contributed by atoms with Crippen molar-refractivity contribution in [2.45, 2.75) is 0 Å². The highest BCUT2D eigenvalue weighted by Gasteiger charge is 2.20. The Morgan fingerprint density at radius 2 is 1.89 bits per heavy atom. The summed E-state index contributed by atoms with van der Waals surface area (Å²) in [6.45, 7) is -0.248. The van der Waals surface area contributed by atoms with Gasteiger partial charge in [-0.2, -0.15) is 0 Å². The maximum absolute atomic E-state index is 11.7. The lowest BCUT2D eigenvalue weighted by atomic mass is 10.3. The molecule has 0 heterocycles. The minimum Gasteiger partial charge on any atom is -0.497 e. The van der Waals surface area contributed by atoms with E-state index in [1.54, 1.807) is 24.3 Å². The molecule has 0 unspecified atom stereocenters. The molecule has 6 nitrogen and oxygen atoms in total. The van der Waals surface area contributed by atoms with Crippen LogP contribution in [0.2, 0.25) is 0 Å². The molecule has 0 radical (unpaired) electrons. The molecule has 7 heteroatoms. The monoisotopic (exact) mass is 272 g/mol. The van der Waals surface area contributed by atoms with Crippen molar-refractivity contribution >= 4 is 21.6 Å². The number of ether oxygens (including phenoxy) is 1. The number of rotatable bonds is 5. The smallest absolute Gasteiger partial charge is 0.240 e. The third-order valence-electron chi connectivity index (χ3n) is 2.33. The molecule has 0 atom stereocenters. The summed E-state index contributed by atoms with van der Waals surface area (Å²) in [7, 11) is -0.534. The quantitative estimate of drug-likeness (QED) is 0.831. The highest BCUT2D eigenvalue weighted by molar-refractivity contribution is 7.92. The maximum Gasteiger partial charge on any atom is 0.240 e. The highest BCUT2D eigenvalue weighted by Crippen LogP contribution is 2.21. The van der Waals surface area contributed by atoms with Crippen molar-refractivity contribution in [1.82, 2.24) is 5.32 Å². The number of anilines is 1. The molecule has 0 bridgehead atoms. The molecule has 1 aromatic rings. The molecule has 0 fully saturated rings. The predicted molar refractivity (Wildman–Crippen MR) is 69.3 cm³/mol. The van der Waals surface area contributed by atoms with Gasteiger partial charge in [-0.3, -0.25) is 9.10 Å². The number of nitrogens with zero attached hydrogens (tertiary/aromatic N) is 1. The number of carbonyl (C=O) groups is 1. The van der Waals surface area contributed by atoms with Gasteiger partial charge in [-0.15, -0.1) is 0 Å². The minimum atomic E-state index is -3.51. The van der Waals surface area contributed by atoms with Gasteiger partial charge in [0, 0.05) is 7.05 Å². The topological polar surface area (TPSA) is 75.7 Å². The van der Waals surface area contributed by atoms with E-state index in [2.05, 4.69) is 5.32 Å². The molecular weight excluding hydrogens is 256 g/mol. The van der Waals surface area contributed by atoms with Gasteiger partial charge in [0.2, 0.25) is 15.9 Å². The molecule has 1 rings (SSSR count). The lowest BCUT2D eigenvalue weighted by molar-refractivity contribution is -0.119. The fourth-order valence-electron chi connectivity index (χ4n) is 1.36. The average Bonchev–Trinajstić information content (AvgIpc) is 2.34. The third-order valence-corrected chi connectivity index (χ3v) is 3.47. The summed E-state index contributed by atoms with van der Waals surface area (Å²) in [5.74, 6) is 0.239. The van der Waals surface area contributed by atoms with Gasteiger partial charge in [-0.1, -0.05) is 0 Å². The Hall–Kier alpha value is -1.76. The normalized spacial score (nSPS) is 10.8. The molecule has 0 saturated carbocycles. The van der Waals surface area contributed by atoms with E-state index in [9.17, 15) is 13.2 Å². The Bertz CT molecular complexity index is 510. The van der Waals surface area contributed by atoms with E-state index in [4.69, 9.17) is 4.74 Å². The van der Waals surface area contributed by atoms with Gasteiger partial charge >= 0.3 is 0 Å². The molecule has 0 saturated heterocycles. The standard InChI is InChI=1S/C11H16N2O4S/c1-12-11(14)8-13(18(3,15)16)9-4-6-10(17-2)7-5-9/h4-7H,8H2,1-3H3,(H,12,14). The second-order valence-electron chi connectivity index (χ2n) is 3.64. The summed E-state index contributed by atoms with van der Waals surface area (Å²) in [5, 5.41) is 2.39. The number of nitrogens with one attached hydrogen (secondary N) is 1. The summed E-state index contributed by atoms with van der Waals surface area (Å²) in [6.07, 6.45) is 1.06.